The standard InChI is InChI=1S/C19H20O2/c1-4-18(14-6-10-16(20)11-7-14)19(5-2)15-8-12-17(21-3)13-9-15/h4-13,20H,1-3H3/b18-4-,19-5-. The van der Waals surface area contributed by atoms with Crippen molar-refractivity contribution in [1.82, 2.24) is 0 Å². The number of hydrogen-bond donors (Lipinski definition) is 1. The summed E-state index contributed by atoms with van der Waals surface area (Å²) in [6, 6.07) is 15.3. The maximum Gasteiger partial charge on any atom is 0.118 e. The smallest absolute Gasteiger partial charge is 0.118 e. The van der Waals surface area contributed by atoms with Gasteiger partial charge in [-0.3, -0.25) is 0 Å². The number of aromatic hydroxyl groups is 1. The van der Waals surface area contributed by atoms with Crippen LogP contribution in [0.4, 0.5) is 0 Å². The molecule has 2 heteroatoms. The molecule has 21 heavy (non-hydrogen) atoms. The van der Waals surface area contributed by atoms with Gasteiger partial charge in [0.1, 0.15) is 11.5 Å². The molecule has 0 saturated heterocycles. The monoisotopic (exact) mass is 280 g/mol. The van der Waals surface area contributed by atoms with Crippen LogP contribution in [0.5, 0.6) is 11.5 Å². The van der Waals surface area contributed by atoms with E-state index in [0.29, 0.717) is 0 Å². The zero-order valence-electron chi connectivity index (χ0n) is 12.6. The number of allylic oxidation sites excluding steroid dienone is 4. The van der Waals surface area contributed by atoms with Gasteiger partial charge in [0.05, 0.1) is 7.11 Å². The van der Waals surface area contributed by atoms with Crippen LogP contribution in [0.3, 0.4) is 0 Å². The lowest BCUT2D eigenvalue weighted by Gasteiger charge is -2.13. The SMILES string of the molecule is C/C=C(\C(=C/C)c1ccc(OC)cc1)c1ccc(O)cc1. The van der Waals surface area contributed by atoms with Gasteiger partial charge in [0.15, 0.2) is 0 Å². The van der Waals surface area contributed by atoms with Crippen molar-refractivity contribution in [3.05, 3.63) is 71.8 Å². The Morgan fingerprint density at radius 1 is 0.810 bits per heavy atom. The van der Waals surface area contributed by atoms with Gasteiger partial charge in [0.2, 0.25) is 0 Å². The zero-order chi connectivity index (χ0) is 15.2. The van der Waals surface area contributed by atoms with Crippen molar-refractivity contribution in [2.45, 2.75) is 13.8 Å². The van der Waals surface area contributed by atoms with E-state index < -0.39 is 0 Å². The molecule has 0 fully saturated rings. The van der Waals surface area contributed by atoms with Gasteiger partial charge >= 0.3 is 0 Å². The van der Waals surface area contributed by atoms with E-state index in [1.54, 1.807) is 19.2 Å². The van der Waals surface area contributed by atoms with Crippen LogP contribution in [0.2, 0.25) is 0 Å². The van der Waals surface area contributed by atoms with E-state index in [9.17, 15) is 5.11 Å². The first kappa shape index (κ1) is 14.9. The molecule has 0 aliphatic heterocycles. The normalized spacial score (nSPS) is 12.3. The fraction of sp³-hybridized carbons (Fsp3) is 0.158. The predicted molar refractivity (Wildman–Crippen MR) is 88.4 cm³/mol. The first-order valence-corrected chi connectivity index (χ1v) is 6.96. The van der Waals surface area contributed by atoms with E-state index >= 15 is 0 Å². The summed E-state index contributed by atoms with van der Waals surface area (Å²) in [4.78, 5) is 0. The molecule has 0 unspecified atom stereocenters. The number of phenols is 1. The molecule has 2 aromatic rings. The summed E-state index contributed by atoms with van der Waals surface area (Å²) < 4.78 is 5.21. The van der Waals surface area contributed by atoms with Crippen LogP contribution < -0.4 is 4.74 Å². The third-order valence-corrected chi connectivity index (χ3v) is 3.45. The summed E-state index contributed by atoms with van der Waals surface area (Å²) >= 11 is 0. The maximum absolute atomic E-state index is 9.43. The predicted octanol–water partition coefficient (Wildman–Crippen LogP) is 4.91. The van der Waals surface area contributed by atoms with Gasteiger partial charge in [-0.1, -0.05) is 36.4 Å². The Morgan fingerprint density at radius 3 is 1.62 bits per heavy atom. The van der Waals surface area contributed by atoms with Crippen LogP contribution in [-0.4, -0.2) is 12.2 Å². The summed E-state index contributed by atoms with van der Waals surface area (Å²) in [6.45, 7) is 4.05. The molecule has 0 bridgehead atoms. The lowest BCUT2D eigenvalue weighted by atomic mass is 9.92. The molecular weight excluding hydrogens is 260 g/mol. The summed E-state index contributed by atoms with van der Waals surface area (Å²) in [5.74, 6) is 1.13. The van der Waals surface area contributed by atoms with Crippen molar-refractivity contribution in [2.24, 2.45) is 0 Å². The van der Waals surface area contributed by atoms with Crippen LogP contribution in [0, 0.1) is 0 Å². The van der Waals surface area contributed by atoms with E-state index in [4.69, 9.17) is 4.74 Å². The Balaban J connectivity index is 2.40. The molecule has 0 amide bonds. The summed E-state index contributed by atoms with van der Waals surface area (Å²) in [5, 5.41) is 9.43. The first-order valence-electron chi connectivity index (χ1n) is 6.96. The van der Waals surface area contributed by atoms with Crippen LogP contribution in [-0.2, 0) is 0 Å². The molecule has 2 rings (SSSR count). The van der Waals surface area contributed by atoms with E-state index in [2.05, 4.69) is 24.3 Å². The second-order valence-electron chi connectivity index (χ2n) is 4.68. The van der Waals surface area contributed by atoms with Gasteiger partial charge in [-0.25, -0.2) is 0 Å². The number of benzene rings is 2. The lowest BCUT2D eigenvalue weighted by Crippen LogP contribution is -1.91. The molecule has 0 aliphatic carbocycles. The molecule has 2 nitrogen and oxygen atoms in total. The maximum atomic E-state index is 9.43. The highest BCUT2D eigenvalue weighted by Crippen LogP contribution is 2.32. The molecule has 1 N–H and O–H groups in total. The van der Waals surface area contributed by atoms with Gasteiger partial charge in [-0.15, -0.1) is 0 Å². The molecule has 0 atom stereocenters. The van der Waals surface area contributed by atoms with Crippen molar-refractivity contribution >= 4 is 11.1 Å². The quantitative estimate of drug-likeness (QED) is 0.806. The minimum absolute atomic E-state index is 0.278. The number of methoxy groups -OCH3 is 1. The van der Waals surface area contributed by atoms with Crippen molar-refractivity contribution in [3.8, 4) is 11.5 Å². The first-order chi connectivity index (χ1) is 10.2. The van der Waals surface area contributed by atoms with Crippen molar-refractivity contribution < 1.29 is 9.84 Å². The molecule has 0 aromatic heterocycles. The summed E-state index contributed by atoms with van der Waals surface area (Å²) in [7, 11) is 1.67. The molecule has 0 spiro atoms. The topological polar surface area (TPSA) is 29.5 Å². The second-order valence-corrected chi connectivity index (χ2v) is 4.68. The molecule has 0 heterocycles. The Hall–Kier alpha value is -2.48. The third kappa shape index (κ3) is 3.34. The van der Waals surface area contributed by atoms with Crippen molar-refractivity contribution in [2.75, 3.05) is 7.11 Å². The second kappa shape index (κ2) is 6.80. The number of phenolic OH excluding ortho intramolecular Hbond substituents is 1. The fourth-order valence-corrected chi connectivity index (χ4v) is 2.37. The fourth-order valence-electron chi connectivity index (χ4n) is 2.37. The number of rotatable bonds is 4. The van der Waals surface area contributed by atoms with Crippen LogP contribution in [0.15, 0.2) is 60.7 Å². The van der Waals surface area contributed by atoms with Gasteiger partial charge in [0, 0.05) is 0 Å². The zero-order valence-corrected chi connectivity index (χ0v) is 12.6. The molecule has 0 radical (unpaired) electrons. The molecular formula is C19H20O2. The highest BCUT2D eigenvalue weighted by molar-refractivity contribution is 6.04. The third-order valence-electron chi connectivity index (χ3n) is 3.45. The van der Waals surface area contributed by atoms with Gasteiger partial charge in [-0.2, -0.15) is 0 Å². The highest BCUT2D eigenvalue weighted by Gasteiger charge is 2.09. The van der Waals surface area contributed by atoms with E-state index in [1.165, 1.54) is 0 Å². The lowest BCUT2D eigenvalue weighted by molar-refractivity contribution is 0.415. The van der Waals surface area contributed by atoms with E-state index in [1.807, 2.05) is 38.1 Å². The number of hydrogen-bond acceptors (Lipinski definition) is 2. The van der Waals surface area contributed by atoms with Gasteiger partial charge < -0.3 is 9.84 Å². The molecule has 0 saturated carbocycles. The minimum Gasteiger partial charge on any atom is -0.508 e. The Kier molecular flexibility index (Phi) is 4.83. The van der Waals surface area contributed by atoms with Crippen LogP contribution in [0.1, 0.15) is 25.0 Å². The van der Waals surface area contributed by atoms with Gasteiger partial charge in [-0.05, 0) is 60.4 Å². The Labute approximate surface area is 126 Å². The summed E-state index contributed by atoms with van der Waals surface area (Å²) in [6.07, 6.45) is 4.19. The molecule has 108 valence electrons. The highest BCUT2D eigenvalue weighted by atomic mass is 16.5. The Bertz CT molecular complexity index is 647. The van der Waals surface area contributed by atoms with Crippen LogP contribution >= 0.6 is 0 Å². The average molecular weight is 280 g/mol. The van der Waals surface area contributed by atoms with Crippen molar-refractivity contribution in [3.63, 3.8) is 0 Å². The van der Waals surface area contributed by atoms with Crippen molar-refractivity contribution in [1.29, 1.82) is 0 Å². The Morgan fingerprint density at radius 2 is 1.24 bits per heavy atom. The largest absolute Gasteiger partial charge is 0.508 e. The summed E-state index contributed by atoms with van der Waals surface area (Å²) in [5.41, 5.74) is 4.52. The average Bonchev–Trinajstić information content (AvgIpc) is 2.54. The molecule has 2 aromatic carbocycles. The van der Waals surface area contributed by atoms with E-state index in [-0.39, 0.29) is 5.75 Å². The minimum atomic E-state index is 0.278. The number of ether oxygens (including phenoxy) is 1. The van der Waals surface area contributed by atoms with Gasteiger partial charge in [0.25, 0.3) is 0 Å². The van der Waals surface area contributed by atoms with E-state index in [0.717, 1.165) is 28.0 Å². The molecule has 0 aliphatic rings. The van der Waals surface area contributed by atoms with Crippen LogP contribution in [0.25, 0.3) is 11.1 Å².